The fourth-order valence-electron chi connectivity index (χ4n) is 1.15. The summed E-state index contributed by atoms with van der Waals surface area (Å²) < 4.78 is 22.5. The molecule has 0 radical (unpaired) electrons. The van der Waals surface area contributed by atoms with Gasteiger partial charge in [0.2, 0.25) is 0 Å². The third-order valence-corrected chi connectivity index (χ3v) is 3.81. The van der Waals surface area contributed by atoms with E-state index in [1.165, 1.54) is 0 Å². The van der Waals surface area contributed by atoms with Gasteiger partial charge in [0.1, 0.15) is 0 Å². The Morgan fingerprint density at radius 2 is 1.71 bits per heavy atom. The molecule has 0 N–H and O–H groups in total. The van der Waals surface area contributed by atoms with Crippen molar-refractivity contribution in [2.45, 2.75) is 34.6 Å². The molecule has 0 aliphatic rings. The molecular weight excluding hydrogens is 199 g/mol. The predicted molar refractivity (Wildman–Crippen MR) is 59.5 cm³/mol. The molecule has 84 valence electrons. The molecule has 0 spiro atoms. The number of hydrogen-bond acceptors (Lipinski definition) is 3. The molecular formula is C10H21O3P. The van der Waals surface area contributed by atoms with Crippen molar-refractivity contribution >= 4 is 7.60 Å². The van der Waals surface area contributed by atoms with Crippen LogP contribution in [0.2, 0.25) is 0 Å². The molecule has 0 aromatic heterocycles. The van der Waals surface area contributed by atoms with E-state index in [2.05, 4.69) is 0 Å². The van der Waals surface area contributed by atoms with E-state index in [9.17, 15) is 4.57 Å². The molecule has 0 amide bonds. The molecule has 0 saturated carbocycles. The zero-order valence-corrected chi connectivity index (χ0v) is 10.6. The number of allylic oxidation sites excluding steroid dienone is 2. The van der Waals surface area contributed by atoms with E-state index in [1.54, 1.807) is 6.92 Å². The molecule has 0 saturated heterocycles. The van der Waals surface area contributed by atoms with Crippen LogP contribution in [0, 0.1) is 5.92 Å². The van der Waals surface area contributed by atoms with Crippen molar-refractivity contribution in [1.29, 1.82) is 0 Å². The molecule has 0 aliphatic carbocycles. The minimum atomic E-state index is -3.00. The van der Waals surface area contributed by atoms with Crippen molar-refractivity contribution in [3.63, 3.8) is 0 Å². The van der Waals surface area contributed by atoms with E-state index < -0.39 is 7.60 Å². The maximum Gasteiger partial charge on any atom is 0.356 e. The summed E-state index contributed by atoms with van der Waals surface area (Å²) in [5.41, 5.74) is 0. The van der Waals surface area contributed by atoms with Gasteiger partial charge in [-0.3, -0.25) is 4.57 Å². The quantitative estimate of drug-likeness (QED) is 0.638. The standard InChI is InChI=1S/C10H21O3P/c1-6-12-14(11,13-7-2)10(5)8-9(3)4/h8-9H,6-7H2,1-5H3/b10-8+. The minimum absolute atomic E-state index is 0.351. The van der Waals surface area contributed by atoms with Crippen LogP contribution >= 0.6 is 7.60 Å². The Balaban J connectivity index is 4.72. The highest BCUT2D eigenvalue weighted by atomic mass is 31.2. The van der Waals surface area contributed by atoms with Gasteiger partial charge in [-0.05, 0) is 26.7 Å². The van der Waals surface area contributed by atoms with Gasteiger partial charge in [0.15, 0.2) is 0 Å². The zero-order chi connectivity index (χ0) is 11.2. The molecule has 0 rings (SSSR count). The second-order valence-electron chi connectivity index (χ2n) is 3.39. The van der Waals surface area contributed by atoms with Gasteiger partial charge in [0, 0.05) is 5.31 Å². The van der Waals surface area contributed by atoms with Crippen LogP contribution < -0.4 is 0 Å². The molecule has 0 aromatic carbocycles. The molecule has 0 bridgehead atoms. The van der Waals surface area contributed by atoms with Crippen molar-refractivity contribution in [3.8, 4) is 0 Å². The highest BCUT2D eigenvalue weighted by Gasteiger charge is 2.25. The summed E-state index contributed by atoms with van der Waals surface area (Å²) in [4.78, 5) is 0. The molecule has 0 aromatic rings. The predicted octanol–water partition coefficient (Wildman–Crippen LogP) is 3.81. The Morgan fingerprint density at radius 3 is 2.00 bits per heavy atom. The van der Waals surface area contributed by atoms with Crippen LogP contribution in [0.15, 0.2) is 11.4 Å². The molecule has 0 heterocycles. The van der Waals surface area contributed by atoms with Crippen molar-refractivity contribution in [3.05, 3.63) is 11.4 Å². The van der Waals surface area contributed by atoms with Gasteiger partial charge in [-0.15, -0.1) is 0 Å². The topological polar surface area (TPSA) is 35.5 Å². The molecule has 0 aliphatic heterocycles. The monoisotopic (exact) mass is 220 g/mol. The first kappa shape index (κ1) is 13.9. The summed E-state index contributed by atoms with van der Waals surface area (Å²) in [6, 6.07) is 0. The normalized spacial score (nSPS) is 13.7. The van der Waals surface area contributed by atoms with Gasteiger partial charge >= 0.3 is 7.60 Å². The summed E-state index contributed by atoms with van der Waals surface area (Å²) in [6.07, 6.45) is 1.92. The van der Waals surface area contributed by atoms with E-state index in [1.807, 2.05) is 33.8 Å². The lowest BCUT2D eigenvalue weighted by Gasteiger charge is -2.18. The Bertz CT molecular complexity index is 224. The van der Waals surface area contributed by atoms with Gasteiger partial charge < -0.3 is 9.05 Å². The van der Waals surface area contributed by atoms with E-state index in [0.717, 1.165) is 0 Å². The third-order valence-electron chi connectivity index (χ3n) is 1.60. The Hall–Kier alpha value is -0.110. The van der Waals surface area contributed by atoms with Crippen LogP contribution in [0.4, 0.5) is 0 Å². The van der Waals surface area contributed by atoms with E-state index in [-0.39, 0.29) is 0 Å². The van der Waals surface area contributed by atoms with Crippen molar-refractivity contribution in [2.24, 2.45) is 5.92 Å². The highest BCUT2D eigenvalue weighted by Crippen LogP contribution is 2.55. The van der Waals surface area contributed by atoms with Crippen LogP contribution in [0.5, 0.6) is 0 Å². The second-order valence-corrected chi connectivity index (χ2v) is 5.60. The van der Waals surface area contributed by atoms with Crippen LogP contribution in [0.3, 0.4) is 0 Å². The molecule has 0 atom stereocenters. The highest BCUT2D eigenvalue weighted by molar-refractivity contribution is 7.58. The zero-order valence-electron chi connectivity index (χ0n) is 9.74. The Labute approximate surface area is 87.0 Å². The van der Waals surface area contributed by atoms with Crippen LogP contribution in [-0.4, -0.2) is 13.2 Å². The van der Waals surface area contributed by atoms with Crippen LogP contribution in [0.1, 0.15) is 34.6 Å². The molecule has 14 heavy (non-hydrogen) atoms. The average molecular weight is 220 g/mol. The summed E-state index contributed by atoms with van der Waals surface area (Å²) in [6.45, 7) is 10.3. The number of rotatable bonds is 6. The summed E-state index contributed by atoms with van der Waals surface area (Å²) in [5, 5.41) is 0.705. The molecule has 0 fully saturated rings. The first-order chi connectivity index (χ1) is 6.46. The maximum absolute atomic E-state index is 12.1. The summed E-state index contributed by atoms with van der Waals surface area (Å²) in [5.74, 6) is 0.351. The van der Waals surface area contributed by atoms with Gasteiger partial charge in [-0.25, -0.2) is 0 Å². The van der Waals surface area contributed by atoms with Gasteiger partial charge in [-0.1, -0.05) is 19.9 Å². The summed E-state index contributed by atoms with van der Waals surface area (Å²) >= 11 is 0. The SMILES string of the molecule is CCOP(=O)(OCC)/C(C)=C/C(C)C. The first-order valence-electron chi connectivity index (χ1n) is 5.04. The fraction of sp³-hybridized carbons (Fsp3) is 0.800. The Morgan fingerprint density at radius 1 is 1.29 bits per heavy atom. The van der Waals surface area contributed by atoms with E-state index >= 15 is 0 Å². The lowest BCUT2D eigenvalue weighted by atomic mass is 10.2. The average Bonchev–Trinajstić information content (AvgIpc) is 2.03. The van der Waals surface area contributed by atoms with Crippen LogP contribution in [-0.2, 0) is 13.6 Å². The summed E-state index contributed by atoms with van der Waals surface area (Å²) in [7, 11) is -3.00. The van der Waals surface area contributed by atoms with Crippen molar-refractivity contribution in [2.75, 3.05) is 13.2 Å². The smallest absolute Gasteiger partial charge is 0.306 e. The number of hydrogen-bond donors (Lipinski definition) is 0. The lowest BCUT2D eigenvalue weighted by Crippen LogP contribution is -1.98. The minimum Gasteiger partial charge on any atom is -0.306 e. The van der Waals surface area contributed by atoms with E-state index in [0.29, 0.717) is 24.4 Å². The van der Waals surface area contributed by atoms with Gasteiger partial charge in [-0.2, -0.15) is 0 Å². The Kier molecular flexibility index (Phi) is 6.34. The van der Waals surface area contributed by atoms with Crippen molar-refractivity contribution < 1.29 is 13.6 Å². The van der Waals surface area contributed by atoms with Crippen LogP contribution in [0.25, 0.3) is 0 Å². The van der Waals surface area contributed by atoms with E-state index in [4.69, 9.17) is 9.05 Å². The van der Waals surface area contributed by atoms with Gasteiger partial charge in [0.05, 0.1) is 13.2 Å². The lowest BCUT2D eigenvalue weighted by molar-refractivity contribution is 0.226. The molecule has 3 nitrogen and oxygen atoms in total. The molecule has 4 heteroatoms. The second kappa shape index (κ2) is 6.39. The maximum atomic E-state index is 12.1. The van der Waals surface area contributed by atoms with Gasteiger partial charge in [0.25, 0.3) is 0 Å². The fourth-order valence-corrected chi connectivity index (χ4v) is 2.80. The van der Waals surface area contributed by atoms with Crippen molar-refractivity contribution in [1.82, 2.24) is 0 Å². The molecule has 0 unspecified atom stereocenters. The largest absolute Gasteiger partial charge is 0.356 e. The third kappa shape index (κ3) is 4.41. The first-order valence-corrected chi connectivity index (χ1v) is 6.58.